The minimum atomic E-state index is -0.377. The van der Waals surface area contributed by atoms with Gasteiger partial charge in [0.2, 0.25) is 5.91 Å². The molecule has 1 aliphatic rings. The summed E-state index contributed by atoms with van der Waals surface area (Å²) in [5.74, 6) is -0.132. The van der Waals surface area contributed by atoms with Gasteiger partial charge in [-0.3, -0.25) is 4.79 Å². The van der Waals surface area contributed by atoms with Crippen LogP contribution in [0.3, 0.4) is 0 Å². The highest BCUT2D eigenvalue weighted by molar-refractivity contribution is 5.87. The largest absolute Gasteiger partial charge is 0.357 e. The number of carbonyl (C=O) groups excluding carboxylic acids is 2. The van der Waals surface area contributed by atoms with Crippen LogP contribution in [-0.2, 0) is 4.79 Å². The maximum Gasteiger partial charge on any atom is 0.318 e. The van der Waals surface area contributed by atoms with E-state index < -0.39 is 0 Å². The number of hydrogen-bond donors (Lipinski definition) is 2. The van der Waals surface area contributed by atoms with Crippen LogP contribution in [0.2, 0.25) is 0 Å². The topological polar surface area (TPSA) is 61.4 Å². The molecule has 3 amide bonds. The third-order valence-electron chi connectivity index (χ3n) is 1.98. The first kappa shape index (κ1) is 8.83. The van der Waals surface area contributed by atoms with E-state index in [0.717, 1.165) is 0 Å². The Morgan fingerprint density at radius 1 is 1.75 bits per heavy atom. The fraction of sp³-hybridized carbons (Fsp3) is 0.714. The SMILES string of the molecule is CNC(=O)C(C)N1CCNC1=O. The first-order valence-electron chi connectivity index (χ1n) is 3.93. The van der Waals surface area contributed by atoms with Gasteiger partial charge in [-0.1, -0.05) is 0 Å². The van der Waals surface area contributed by atoms with Gasteiger partial charge >= 0.3 is 6.03 Å². The number of carbonyl (C=O) groups is 2. The van der Waals surface area contributed by atoms with E-state index >= 15 is 0 Å². The smallest absolute Gasteiger partial charge is 0.318 e. The number of hydrogen-bond acceptors (Lipinski definition) is 2. The molecule has 5 nitrogen and oxygen atoms in total. The highest BCUT2D eigenvalue weighted by Gasteiger charge is 2.28. The lowest BCUT2D eigenvalue weighted by Gasteiger charge is -2.20. The average molecular weight is 171 g/mol. The van der Waals surface area contributed by atoms with Crippen molar-refractivity contribution in [2.75, 3.05) is 20.1 Å². The highest BCUT2D eigenvalue weighted by Crippen LogP contribution is 2.03. The van der Waals surface area contributed by atoms with Crippen LogP contribution in [0.1, 0.15) is 6.92 Å². The number of urea groups is 1. The predicted octanol–water partition coefficient (Wildman–Crippen LogP) is -0.854. The van der Waals surface area contributed by atoms with Crippen molar-refractivity contribution in [1.29, 1.82) is 0 Å². The summed E-state index contributed by atoms with van der Waals surface area (Å²) in [4.78, 5) is 23.7. The molecule has 1 saturated heterocycles. The second-order valence-corrected chi connectivity index (χ2v) is 2.72. The lowest BCUT2D eigenvalue weighted by Crippen LogP contribution is -2.45. The van der Waals surface area contributed by atoms with E-state index in [-0.39, 0.29) is 18.0 Å². The van der Waals surface area contributed by atoms with Gasteiger partial charge in [-0.2, -0.15) is 0 Å². The molecule has 0 bridgehead atoms. The maximum absolute atomic E-state index is 11.1. The normalized spacial score (nSPS) is 18.8. The van der Waals surface area contributed by atoms with Crippen molar-refractivity contribution in [2.45, 2.75) is 13.0 Å². The molecule has 1 rings (SSSR count). The molecule has 1 atom stereocenters. The predicted molar refractivity (Wildman–Crippen MR) is 43.6 cm³/mol. The molecule has 2 N–H and O–H groups in total. The lowest BCUT2D eigenvalue weighted by atomic mass is 10.3. The Morgan fingerprint density at radius 2 is 2.42 bits per heavy atom. The maximum atomic E-state index is 11.1. The minimum absolute atomic E-state index is 0.132. The Balaban J connectivity index is 2.57. The van der Waals surface area contributed by atoms with E-state index in [1.54, 1.807) is 14.0 Å². The Bertz CT molecular complexity index is 205. The van der Waals surface area contributed by atoms with Gasteiger partial charge in [0.05, 0.1) is 0 Å². The molecular weight excluding hydrogens is 158 g/mol. The zero-order valence-electron chi connectivity index (χ0n) is 7.26. The Hall–Kier alpha value is -1.26. The zero-order valence-corrected chi connectivity index (χ0v) is 7.26. The van der Waals surface area contributed by atoms with Gasteiger partial charge < -0.3 is 15.5 Å². The van der Waals surface area contributed by atoms with E-state index in [1.165, 1.54) is 4.90 Å². The summed E-state index contributed by atoms with van der Waals surface area (Å²) in [6.07, 6.45) is 0. The van der Waals surface area contributed by atoms with Gasteiger partial charge in [-0.25, -0.2) is 4.79 Å². The number of amides is 3. The minimum Gasteiger partial charge on any atom is -0.357 e. The van der Waals surface area contributed by atoms with Crippen LogP contribution in [0.4, 0.5) is 4.79 Å². The van der Waals surface area contributed by atoms with Gasteiger partial charge in [0.15, 0.2) is 0 Å². The molecule has 12 heavy (non-hydrogen) atoms. The van der Waals surface area contributed by atoms with Crippen molar-refractivity contribution in [3.05, 3.63) is 0 Å². The van der Waals surface area contributed by atoms with Crippen molar-refractivity contribution in [2.24, 2.45) is 0 Å². The summed E-state index contributed by atoms with van der Waals surface area (Å²) < 4.78 is 0. The van der Waals surface area contributed by atoms with Crippen LogP contribution in [0.15, 0.2) is 0 Å². The number of nitrogens with one attached hydrogen (secondary N) is 2. The second-order valence-electron chi connectivity index (χ2n) is 2.72. The van der Waals surface area contributed by atoms with Crippen molar-refractivity contribution < 1.29 is 9.59 Å². The van der Waals surface area contributed by atoms with E-state index in [1.807, 2.05) is 0 Å². The Morgan fingerprint density at radius 3 is 2.83 bits per heavy atom. The molecule has 0 saturated carbocycles. The van der Waals surface area contributed by atoms with Crippen LogP contribution in [0.5, 0.6) is 0 Å². The summed E-state index contributed by atoms with van der Waals surface area (Å²) >= 11 is 0. The molecule has 0 aromatic rings. The Labute approximate surface area is 71.1 Å². The molecule has 5 heteroatoms. The molecule has 1 unspecified atom stereocenters. The zero-order chi connectivity index (χ0) is 9.14. The summed E-state index contributed by atoms with van der Waals surface area (Å²) in [6, 6.07) is -0.538. The first-order chi connectivity index (χ1) is 5.66. The van der Waals surface area contributed by atoms with E-state index in [4.69, 9.17) is 0 Å². The Kier molecular flexibility index (Phi) is 2.52. The third-order valence-corrected chi connectivity index (χ3v) is 1.98. The molecule has 1 heterocycles. The lowest BCUT2D eigenvalue weighted by molar-refractivity contribution is -0.124. The highest BCUT2D eigenvalue weighted by atomic mass is 16.2. The molecule has 0 spiro atoms. The molecule has 1 fully saturated rings. The molecule has 1 aliphatic heterocycles. The fourth-order valence-corrected chi connectivity index (χ4v) is 1.21. The van der Waals surface area contributed by atoms with Crippen molar-refractivity contribution in [3.63, 3.8) is 0 Å². The van der Waals surface area contributed by atoms with Gasteiger partial charge in [0, 0.05) is 20.1 Å². The number of rotatable bonds is 2. The van der Waals surface area contributed by atoms with Crippen molar-refractivity contribution >= 4 is 11.9 Å². The summed E-state index contributed by atoms with van der Waals surface area (Å²) in [7, 11) is 1.56. The van der Waals surface area contributed by atoms with E-state index in [9.17, 15) is 9.59 Å². The average Bonchev–Trinajstić information content (AvgIpc) is 2.48. The monoisotopic (exact) mass is 171 g/mol. The molecule has 0 aromatic heterocycles. The van der Waals surface area contributed by atoms with Crippen LogP contribution in [0.25, 0.3) is 0 Å². The first-order valence-corrected chi connectivity index (χ1v) is 3.93. The molecule has 68 valence electrons. The molecule has 0 aromatic carbocycles. The fourth-order valence-electron chi connectivity index (χ4n) is 1.21. The number of likely N-dealkylation sites (N-methyl/N-ethyl adjacent to an activating group) is 1. The van der Waals surface area contributed by atoms with Crippen LogP contribution < -0.4 is 10.6 Å². The molecule has 0 radical (unpaired) electrons. The van der Waals surface area contributed by atoms with E-state index in [0.29, 0.717) is 13.1 Å². The standard InChI is InChI=1S/C7H13N3O2/c1-5(6(11)8-2)10-4-3-9-7(10)12/h5H,3-4H2,1-2H3,(H,8,11)(H,9,12). The van der Waals surface area contributed by atoms with Crippen LogP contribution >= 0.6 is 0 Å². The van der Waals surface area contributed by atoms with Gasteiger partial charge in [-0.05, 0) is 6.92 Å². The van der Waals surface area contributed by atoms with Crippen LogP contribution in [0, 0.1) is 0 Å². The number of nitrogens with zero attached hydrogens (tertiary/aromatic N) is 1. The summed E-state index contributed by atoms with van der Waals surface area (Å²) in [5.41, 5.74) is 0. The summed E-state index contributed by atoms with van der Waals surface area (Å²) in [5, 5.41) is 5.14. The van der Waals surface area contributed by atoms with Gasteiger partial charge in [0.1, 0.15) is 6.04 Å². The molecular formula is C7H13N3O2. The third kappa shape index (κ3) is 1.49. The van der Waals surface area contributed by atoms with Crippen LogP contribution in [-0.4, -0.2) is 43.0 Å². The van der Waals surface area contributed by atoms with Gasteiger partial charge in [0.25, 0.3) is 0 Å². The van der Waals surface area contributed by atoms with Crippen molar-refractivity contribution in [3.8, 4) is 0 Å². The van der Waals surface area contributed by atoms with E-state index in [2.05, 4.69) is 10.6 Å². The quantitative estimate of drug-likeness (QED) is 0.568. The summed E-state index contributed by atoms with van der Waals surface area (Å²) in [6.45, 7) is 2.94. The van der Waals surface area contributed by atoms with Gasteiger partial charge in [-0.15, -0.1) is 0 Å². The second kappa shape index (κ2) is 3.42. The molecule has 0 aliphatic carbocycles. The van der Waals surface area contributed by atoms with Crippen molar-refractivity contribution in [1.82, 2.24) is 15.5 Å².